The molecule has 1 saturated heterocycles. The molecule has 3 unspecified atom stereocenters. The minimum Gasteiger partial charge on any atom is -0.436 e. The van der Waals surface area contributed by atoms with Crippen molar-refractivity contribution in [3.63, 3.8) is 0 Å². The largest absolute Gasteiger partial charge is 0.436 e. The molecular formula is C29H38N4O4. The summed E-state index contributed by atoms with van der Waals surface area (Å²) in [6.45, 7) is 5.79. The number of nitrogens with one attached hydrogen (secondary N) is 2. The molecule has 2 aromatic carbocycles. The number of piperidine rings is 1. The summed E-state index contributed by atoms with van der Waals surface area (Å²) in [4.78, 5) is 27.9. The average molecular weight is 507 g/mol. The Morgan fingerprint density at radius 3 is 2.38 bits per heavy atom. The minimum atomic E-state index is -1.05. The highest BCUT2D eigenvalue weighted by atomic mass is 16.6. The van der Waals surface area contributed by atoms with Gasteiger partial charge in [0, 0.05) is 25.6 Å². The number of nitriles is 1. The van der Waals surface area contributed by atoms with E-state index >= 15 is 0 Å². The molecule has 37 heavy (non-hydrogen) atoms. The van der Waals surface area contributed by atoms with Crippen molar-refractivity contribution >= 4 is 12.0 Å². The zero-order valence-electron chi connectivity index (χ0n) is 22.0. The predicted octanol–water partition coefficient (Wildman–Crippen LogP) is 4.02. The van der Waals surface area contributed by atoms with Gasteiger partial charge in [-0.25, -0.2) is 4.79 Å². The second-order valence-corrected chi connectivity index (χ2v) is 10.1. The molecule has 1 aliphatic rings. The lowest BCUT2D eigenvalue weighted by Crippen LogP contribution is -2.60. The van der Waals surface area contributed by atoms with E-state index < -0.39 is 23.6 Å². The van der Waals surface area contributed by atoms with Gasteiger partial charge >= 0.3 is 6.09 Å². The van der Waals surface area contributed by atoms with Gasteiger partial charge in [-0.3, -0.25) is 4.79 Å². The third-order valence-corrected chi connectivity index (χ3v) is 6.60. The van der Waals surface area contributed by atoms with Crippen LogP contribution in [-0.4, -0.2) is 54.8 Å². The summed E-state index contributed by atoms with van der Waals surface area (Å²) in [6.07, 6.45) is -0.389. The summed E-state index contributed by atoms with van der Waals surface area (Å²) in [6, 6.07) is 21.7. The van der Waals surface area contributed by atoms with Crippen LogP contribution in [0.5, 0.6) is 0 Å². The second-order valence-electron chi connectivity index (χ2n) is 10.1. The van der Waals surface area contributed by atoms with Gasteiger partial charge in [0.25, 0.3) is 5.91 Å². The van der Waals surface area contributed by atoms with Crippen molar-refractivity contribution in [1.29, 1.82) is 5.26 Å². The number of hydrogen-bond donors (Lipinski definition) is 2. The number of amides is 2. The number of rotatable bonds is 11. The lowest BCUT2D eigenvalue weighted by molar-refractivity contribution is -0.132. The highest BCUT2D eigenvalue weighted by Gasteiger charge is 2.42. The van der Waals surface area contributed by atoms with E-state index in [4.69, 9.17) is 9.47 Å². The van der Waals surface area contributed by atoms with E-state index in [0.717, 1.165) is 11.1 Å². The molecule has 0 aromatic heterocycles. The van der Waals surface area contributed by atoms with E-state index in [1.54, 1.807) is 0 Å². The lowest BCUT2D eigenvalue weighted by Gasteiger charge is -2.42. The molecule has 8 heteroatoms. The van der Waals surface area contributed by atoms with Crippen LogP contribution in [0.3, 0.4) is 0 Å². The minimum absolute atomic E-state index is 0.0314. The molecule has 0 bridgehead atoms. The number of likely N-dealkylation sites (N-methyl/N-ethyl adjacent to an activating group) is 1. The maximum Gasteiger partial charge on any atom is 0.408 e. The van der Waals surface area contributed by atoms with Gasteiger partial charge in [0.2, 0.25) is 0 Å². The van der Waals surface area contributed by atoms with Gasteiger partial charge in [-0.15, -0.1) is 0 Å². The highest BCUT2D eigenvalue weighted by Crippen LogP contribution is 2.27. The fraction of sp³-hybridized carbons (Fsp3) is 0.483. The molecular weight excluding hydrogens is 468 g/mol. The molecule has 3 rings (SSSR count). The van der Waals surface area contributed by atoms with Crippen LogP contribution in [0.2, 0.25) is 0 Å². The fourth-order valence-corrected chi connectivity index (χ4v) is 4.42. The lowest BCUT2D eigenvalue weighted by atomic mass is 9.84. The molecule has 1 aliphatic heterocycles. The van der Waals surface area contributed by atoms with Crippen LogP contribution in [0, 0.1) is 17.2 Å². The van der Waals surface area contributed by atoms with Crippen molar-refractivity contribution < 1.29 is 19.1 Å². The van der Waals surface area contributed by atoms with Gasteiger partial charge in [-0.05, 0) is 36.9 Å². The molecule has 2 aromatic rings. The Hall–Kier alpha value is -3.41. The Balaban J connectivity index is 1.59. The second kappa shape index (κ2) is 13.8. The van der Waals surface area contributed by atoms with E-state index in [-0.39, 0.29) is 12.0 Å². The molecule has 1 heterocycles. The van der Waals surface area contributed by atoms with Gasteiger partial charge in [0.15, 0.2) is 6.10 Å². The monoisotopic (exact) mass is 506 g/mol. The van der Waals surface area contributed by atoms with Crippen molar-refractivity contribution in [2.45, 2.75) is 63.9 Å². The summed E-state index contributed by atoms with van der Waals surface area (Å²) >= 11 is 0. The first-order valence-electron chi connectivity index (χ1n) is 12.8. The number of benzene rings is 2. The van der Waals surface area contributed by atoms with Crippen molar-refractivity contribution in [1.82, 2.24) is 15.5 Å². The predicted molar refractivity (Wildman–Crippen MR) is 141 cm³/mol. The maximum absolute atomic E-state index is 13.3. The summed E-state index contributed by atoms with van der Waals surface area (Å²) in [5.74, 6) is -0.328. The topological polar surface area (TPSA) is 104 Å². The van der Waals surface area contributed by atoms with Crippen LogP contribution in [0.25, 0.3) is 0 Å². The maximum atomic E-state index is 13.3. The zero-order valence-corrected chi connectivity index (χ0v) is 22.0. The normalized spacial score (nSPS) is 20.6. The number of carbonyl (C=O) groups is 2. The molecule has 2 amide bonds. The van der Waals surface area contributed by atoms with E-state index in [0.29, 0.717) is 45.6 Å². The first kappa shape index (κ1) is 28.2. The zero-order chi connectivity index (χ0) is 26.7. The van der Waals surface area contributed by atoms with Crippen LogP contribution >= 0.6 is 0 Å². The molecule has 0 saturated carbocycles. The van der Waals surface area contributed by atoms with Crippen molar-refractivity contribution in [3.05, 3.63) is 71.8 Å². The average Bonchev–Trinajstić information content (AvgIpc) is 2.90. The number of alkyl carbamates (subject to hydrolysis) is 1. The number of nitrogens with zero attached hydrogens (tertiary/aromatic N) is 2. The van der Waals surface area contributed by atoms with Gasteiger partial charge in [-0.2, -0.15) is 5.26 Å². The molecule has 2 N–H and O–H groups in total. The Kier molecular flexibility index (Phi) is 10.5. The van der Waals surface area contributed by atoms with Crippen LogP contribution < -0.4 is 10.6 Å². The number of carbonyl (C=O) groups excluding carboxylic acids is 2. The molecule has 8 nitrogen and oxygen atoms in total. The first-order chi connectivity index (χ1) is 17.8. The Labute approximate surface area is 219 Å². The summed E-state index contributed by atoms with van der Waals surface area (Å²) in [5.41, 5.74) is 0.961. The summed E-state index contributed by atoms with van der Waals surface area (Å²) in [7, 11) is 2.00. The van der Waals surface area contributed by atoms with E-state index in [9.17, 15) is 14.9 Å². The quantitative estimate of drug-likeness (QED) is 0.477. The van der Waals surface area contributed by atoms with E-state index in [1.165, 1.54) is 0 Å². The number of ether oxygens (including phenoxy) is 2. The van der Waals surface area contributed by atoms with E-state index in [1.807, 2.05) is 81.6 Å². The standard InChI is InChI=1S/C29H38N4O4/c1-22(2)16-26(37-28(35)31-18-23-10-6-4-7-11-23)27(34)32-29(21-30)14-15-33(3)25(17-29)20-36-19-24-12-8-5-9-13-24/h4-13,22,25-26H,14-20H2,1-3H3,(H,31,35)(H,32,34). The number of hydrogen-bond acceptors (Lipinski definition) is 6. The van der Waals surface area contributed by atoms with Crippen molar-refractivity contribution in [2.75, 3.05) is 20.2 Å². The van der Waals surface area contributed by atoms with Crippen LogP contribution in [0.4, 0.5) is 4.79 Å². The molecule has 3 atom stereocenters. The molecule has 0 spiro atoms. The van der Waals surface area contributed by atoms with Gasteiger partial charge in [-0.1, -0.05) is 74.5 Å². The van der Waals surface area contributed by atoms with Crippen molar-refractivity contribution in [3.8, 4) is 6.07 Å². The highest BCUT2D eigenvalue weighted by molar-refractivity contribution is 5.84. The molecule has 198 valence electrons. The first-order valence-corrected chi connectivity index (χ1v) is 12.8. The van der Waals surface area contributed by atoms with Crippen LogP contribution in [0.15, 0.2) is 60.7 Å². The van der Waals surface area contributed by atoms with Crippen LogP contribution in [-0.2, 0) is 27.4 Å². The Bertz CT molecular complexity index is 1040. The Morgan fingerprint density at radius 1 is 1.11 bits per heavy atom. The molecule has 0 radical (unpaired) electrons. The fourth-order valence-electron chi connectivity index (χ4n) is 4.42. The van der Waals surface area contributed by atoms with Crippen LogP contribution in [0.1, 0.15) is 44.2 Å². The van der Waals surface area contributed by atoms with Gasteiger partial charge in [0.1, 0.15) is 5.54 Å². The van der Waals surface area contributed by atoms with Crippen molar-refractivity contribution in [2.24, 2.45) is 5.92 Å². The van der Waals surface area contributed by atoms with Gasteiger partial charge < -0.3 is 25.0 Å². The Morgan fingerprint density at radius 2 is 1.76 bits per heavy atom. The smallest absolute Gasteiger partial charge is 0.408 e. The van der Waals surface area contributed by atoms with Gasteiger partial charge in [0.05, 0.1) is 19.3 Å². The summed E-state index contributed by atoms with van der Waals surface area (Å²) in [5, 5.41) is 15.8. The SMILES string of the molecule is CC(C)CC(OC(=O)NCc1ccccc1)C(=O)NC1(C#N)CCN(C)C(COCc2ccccc2)C1. The third kappa shape index (κ3) is 8.88. The third-order valence-electron chi connectivity index (χ3n) is 6.60. The van der Waals surface area contributed by atoms with E-state index in [2.05, 4.69) is 21.6 Å². The molecule has 0 aliphatic carbocycles. The number of likely N-dealkylation sites (tertiary alicyclic amines) is 1. The molecule has 1 fully saturated rings. The summed E-state index contributed by atoms with van der Waals surface area (Å²) < 4.78 is 11.5.